The third-order valence-corrected chi connectivity index (χ3v) is 4.44. The molecule has 24 heavy (non-hydrogen) atoms. The zero-order valence-electron chi connectivity index (χ0n) is 14.1. The molecule has 1 amide bonds. The first-order valence-corrected chi connectivity index (χ1v) is 8.18. The van der Waals surface area contributed by atoms with Gasteiger partial charge in [0.15, 0.2) is 0 Å². The van der Waals surface area contributed by atoms with Crippen molar-refractivity contribution < 1.29 is 9.32 Å². The van der Waals surface area contributed by atoms with E-state index in [1.165, 1.54) is 5.56 Å². The van der Waals surface area contributed by atoms with Crippen molar-refractivity contribution in [1.82, 2.24) is 19.9 Å². The van der Waals surface area contributed by atoms with Gasteiger partial charge >= 0.3 is 0 Å². The van der Waals surface area contributed by atoms with E-state index in [1.807, 2.05) is 31.2 Å². The first-order valence-electron chi connectivity index (χ1n) is 8.18. The van der Waals surface area contributed by atoms with Crippen LogP contribution in [0.15, 0.2) is 28.8 Å². The number of benzene rings is 1. The molecule has 0 radical (unpaired) electrons. The second-order valence-electron chi connectivity index (χ2n) is 6.28. The second kappa shape index (κ2) is 7.11. The molecular formula is C17H23N5O2. The third-order valence-electron chi connectivity index (χ3n) is 4.44. The molecule has 0 bridgehead atoms. The number of amides is 1. The van der Waals surface area contributed by atoms with E-state index in [0.717, 1.165) is 31.7 Å². The van der Waals surface area contributed by atoms with Crippen LogP contribution in [0.25, 0.3) is 11.4 Å². The molecule has 0 unspecified atom stereocenters. The maximum absolute atomic E-state index is 11.0. The highest BCUT2D eigenvalue weighted by Gasteiger charge is 2.26. The van der Waals surface area contributed by atoms with Gasteiger partial charge in [-0.25, -0.2) is 0 Å². The fraction of sp³-hybridized carbons (Fsp3) is 0.471. The minimum absolute atomic E-state index is 0.0485. The molecule has 1 atom stereocenters. The summed E-state index contributed by atoms with van der Waals surface area (Å²) in [5, 5.41) is 4.10. The van der Waals surface area contributed by atoms with Gasteiger partial charge in [0.05, 0.1) is 12.6 Å². The molecule has 1 aromatic heterocycles. The summed E-state index contributed by atoms with van der Waals surface area (Å²) in [5.41, 5.74) is 7.40. The summed E-state index contributed by atoms with van der Waals surface area (Å²) >= 11 is 0. The Hall–Kier alpha value is -2.25. The average molecular weight is 329 g/mol. The molecule has 2 N–H and O–H groups in total. The van der Waals surface area contributed by atoms with Crippen molar-refractivity contribution >= 4 is 5.91 Å². The average Bonchev–Trinajstić information content (AvgIpc) is 3.05. The van der Waals surface area contributed by atoms with Crippen LogP contribution in [0.2, 0.25) is 0 Å². The predicted octanol–water partition coefficient (Wildman–Crippen LogP) is 1.21. The van der Waals surface area contributed by atoms with Gasteiger partial charge in [-0.1, -0.05) is 35.0 Å². The highest BCUT2D eigenvalue weighted by atomic mass is 16.5. The largest absolute Gasteiger partial charge is 0.369 e. The van der Waals surface area contributed by atoms with Crippen LogP contribution in [0.5, 0.6) is 0 Å². The standard InChI is InChI=1S/C17H23N5O2/c1-12-3-5-14(6-4-12)16-19-17(24-20-16)13(2)22-9-7-21(8-10-22)11-15(18)23/h3-6,13H,7-11H2,1-2H3,(H2,18,23)/t13-/m0/s1. The van der Waals surface area contributed by atoms with Gasteiger partial charge in [0, 0.05) is 31.7 Å². The van der Waals surface area contributed by atoms with Gasteiger partial charge < -0.3 is 10.3 Å². The third kappa shape index (κ3) is 3.80. The summed E-state index contributed by atoms with van der Waals surface area (Å²) in [4.78, 5) is 19.9. The summed E-state index contributed by atoms with van der Waals surface area (Å²) in [6.07, 6.45) is 0. The summed E-state index contributed by atoms with van der Waals surface area (Å²) in [6, 6.07) is 8.11. The Bertz CT molecular complexity index is 689. The zero-order valence-corrected chi connectivity index (χ0v) is 14.1. The highest BCUT2D eigenvalue weighted by Crippen LogP contribution is 2.23. The van der Waals surface area contributed by atoms with E-state index in [0.29, 0.717) is 18.3 Å². The van der Waals surface area contributed by atoms with Crippen LogP contribution in [-0.4, -0.2) is 58.6 Å². The molecule has 1 fully saturated rings. The van der Waals surface area contributed by atoms with E-state index >= 15 is 0 Å². The molecule has 0 aliphatic carbocycles. The summed E-state index contributed by atoms with van der Waals surface area (Å²) in [6.45, 7) is 7.74. The monoisotopic (exact) mass is 329 g/mol. The summed E-state index contributed by atoms with van der Waals surface area (Å²) < 4.78 is 5.47. The lowest BCUT2D eigenvalue weighted by Gasteiger charge is -2.36. The maximum Gasteiger partial charge on any atom is 0.244 e. The first-order chi connectivity index (χ1) is 11.5. The number of hydrogen-bond donors (Lipinski definition) is 1. The smallest absolute Gasteiger partial charge is 0.244 e. The number of nitrogens with two attached hydrogens (primary N) is 1. The van der Waals surface area contributed by atoms with Crippen LogP contribution in [0.3, 0.4) is 0 Å². The van der Waals surface area contributed by atoms with Crippen molar-refractivity contribution in [2.24, 2.45) is 5.73 Å². The topological polar surface area (TPSA) is 88.5 Å². The molecule has 7 heteroatoms. The van der Waals surface area contributed by atoms with Crippen molar-refractivity contribution in [2.75, 3.05) is 32.7 Å². The molecule has 0 spiro atoms. The quantitative estimate of drug-likeness (QED) is 0.887. The van der Waals surface area contributed by atoms with Gasteiger partial charge in [-0.15, -0.1) is 0 Å². The van der Waals surface area contributed by atoms with Crippen LogP contribution < -0.4 is 5.73 Å². The fourth-order valence-corrected chi connectivity index (χ4v) is 2.91. The number of carbonyl (C=O) groups is 1. The highest BCUT2D eigenvalue weighted by molar-refractivity contribution is 5.75. The molecule has 2 heterocycles. The van der Waals surface area contributed by atoms with E-state index in [9.17, 15) is 4.79 Å². The maximum atomic E-state index is 11.0. The number of aryl methyl sites for hydroxylation is 1. The predicted molar refractivity (Wildman–Crippen MR) is 90.1 cm³/mol. The van der Waals surface area contributed by atoms with Gasteiger partial charge in [0.1, 0.15) is 0 Å². The van der Waals surface area contributed by atoms with Crippen LogP contribution in [0, 0.1) is 6.92 Å². The molecular weight excluding hydrogens is 306 g/mol. The van der Waals surface area contributed by atoms with Gasteiger partial charge in [-0.2, -0.15) is 4.98 Å². The van der Waals surface area contributed by atoms with E-state index in [2.05, 4.69) is 26.9 Å². The van der Waals surface area contributed by atoms with Crippen LogP contribution >= 0.6 is 0 Å². The lowest BCUT2D eigenvalue weighted by molar-refractivity contribution is -0.119. The lowest BCUT2D eigenvalue weighted by Crippen LogP contribution is -2.49. The minimum Gasteiger partial charge on any atom is -0.369 e. The minimum atomic E-state index is -0.281. The first kappa shape index (κ1) is 16.6. The lowest BCUT2D eigenvalue weighted by atomic mass is 10.1. The zero-order chi connectivity index (χ0) is 17.1. The molecule has 2 aromatic rings. The Labute approximate surface area is 141 Å². The van der Waals surface area contributed by atoms with Crippen molar-refractivity contribution in [1.29, 1.82) is 0 Å². The van der Waals surface area contributed by atoms with Crippen LogP contribution in [-0.2, 0) is 4.79 Å². The molecule has 7 nitrogen and oxygen atoms in total. The molecule has 1 aliphatic rings. The summed E-state index contributed by atoms with van der Waals surface area (Å²) in [5.74, 6) is 0.953. The normalized spacial score (nSPS) is 17.8. The Morgan fingerprint density at radius 2 is 1.92 bits per heavy atom. The number of aromatic nitrogens is 2. The van der Waals surface area contributed by atoms with E-state index in [-0.39, 0.29) is 11.9 Å². The van der Waals surface area contributed by atoms with Crippen LogP contribution in [0.4, 0.5) is 0 Å². The number of carbonyl (C=O) groups excluding carboxylic acids is 1. The fourth-order valence-electron chi connectivity index (χ4n) is 2.91. The molecule has 1 aliphatic heterocycles. The SMILES string of the molecule is Cc1ccc(-c2noc([C@H](C)N3CCN(CC(N)=O)CC3)n2)cc1. The Morgan fingerprint density at radius 3 is 2.54 bits per heavy atom. The molecule has 1 saturated heterocycles. The van der Waals surface area contributed by atoms with Crippen molar-refractivity contribution in [2.45, 2.75) is 19.9 Å². The van der Waals surface area contributed by atoms with Crippen molar-refractivity contribution in [3.63, 3.8) is 0 Å². The van der Waals surface area contributed by atoms with Gasteiger partial charge in [0.25, 0.3) is 0 Å². The van der Waals surface area contributed by atoms with Crippen LogP contribution in [0.1, 0.15) is 24.4 Å². The summed E-state index contributed by atoms with van der Waals surface area (Å²) in [7, 11) is 0. The van der Waals surface area contributed by atoms with Gasteiger partial charge in [0.2, 0.25) is 17.6 Å². The van der Waals surface area contributed by atoms with E-state index in [1.54, 1.807) is 0 Å². The Kier molecular flexibility index (Phi) is 4.92. The second-order valence-corrected chi connectivity index (χ2v) is 6.28. The number of primary amides is 1. The number of piperazine rings is 1. The van der Waals surface area contributed by atoms with Crippen molar-refractivity contribution in [3.05, 3.63) is 35.7 Å². The molecule has 128 valence electrons. The van der Waals surface area contributed by atoms with Gasteiger partial charge in [-0.3, -0.25) is 14.6 Å². The number of hydrogen-bond acceptors (Lipinski definition) is 6. The molecule has 1 aromatic carbocycles. The van der Waals surface area contributed by atoms with Crippen molar-refractivity contribution in [3.8, 4) is 11.4 Å². The Morgan fingerprint density at radius 1 is 1.25 bits per heavy atom. The van der Waals surface area contributed by atoms with E-state index in [4.69, 9.17) is 10.3 Å². The van der Waals surface area contributed by atoms with E-state index < -0.39 is 0 Å². The molecule has 0 saturated carbocycles. The number of rotatable bonds is 5. The molecule has 3 rings (SSSR count). The number of nitrogens with zero attached hydrogens (tertiary/aromatic N) is 4. The van der Waals surface area contributed by atoms with Gasteiger partial charge in [-0.05, 0) is 13.8 Å². The Balaban J connectivity index is 1.63.